The molecule has 17 heavy (non-hydrogen) atoms. The maximum absolute atomic E-state index is 3.65. The molecular weight excluding hydrogens is 296 g/mol. The Kier molecular flexibility index (Phi) is 5.03. The summed E-state index contributed by atoms with van der Waals surface area (Å²) in [6.45, 7) is 9.26. The Labute approximate surface area is 117 Å². The van der Waals surface area contributed by atoms with Crippen LogP contribution in [0.2, 0.25) is 0 Å². The predicted octanol–water partition coefficient (Wildman–Crippen LogP) is 3.33. The second kappa shape index (κ2) is 6.32. The number of rotatable bonds is 3. The van der Waals surface area contributed by atoms with E-state index in [2.05, 4.69) is 52.1 Å². The van der Waals surface area contributed by atoms with Gasteiger partial charge in [-0.15, -0.1) is 11.3 Å². The van der Waals surface area contributed by atoms with Gasteiger partial charge in [0.25, 0.3) is 0 Å². The van der Waals surface area contributed by atoms with Gasteiger partial charge in [-0.05, 0) is 53.5 Å². The van der Waals surface area contributed by atoms with Crippen molar-refractivity contribution in [2.75, 3.05) is 19.6 Å². The molecule has 1 unspecified atom stereocenters. The molecule has 0 amide bonds. The van der Waals surface area contributed by atoms with Crippen LogP contribution in [-0.4, -0.2) is 30.6 Å². The van der Waals surface area contributed by atoms with Crippen LogP contribution in [0.1, 0.15) is 25.1 Å². The van der Waals surface area contributed by atoms with E-state index in [1.165, 1.54) is 28.2 Å². The summed E-state index contributed by atoms with van der Waals surface area (Å²) in [7, 11) is 0. The van der Waals surface area contributed by atoms with Crippen molar-refractivity contribution in [2.24, 2.45) is 5.92 Å². The van der Waals surface area contributed by atoms with Crippen molar-refractivity contribution in [3.63, 3.8) is 0 Å². The van der Waals surface area contributed by atoms with Gasteiger partial charge in [0.1, 0.15) is 0 Å². The van der Waals surface area contributed by atoms with Crippen LogP contribution in [0.3, 0.4) is 0 Å². The van der Waals surface area contributed by atoms with Crippen molar-refractivity contribution in [1.82, 2.24) is 10.2 Å². The van der Waals surface area contributed by atoms with Crippen molar-refractivity contribution in [3.05, 3.63) is 20.8 Å². The van der Waals surface area contributed by atoms with Crippen LogP contribution >= 0.6 is 27.3 Å². The van der Waals surface area contributed by atoms with Crippen LogP contribution in [0.15, 0.2) is 15.9 Å². The number of thiophene rings is 1. The fraction of sp³-hybridized carbons (Fsp3) is 0.692. The summed E-state index contributed by atoms with van der Waals surface area (Å²) < 4.78 is 1.24. The summed E-state index contributed by atoms with van der Waals surface area (Å²) in [5.41, 5.74) is 0. The molecule has 1 aliphatic heterocycles. The minimum Gasteiger partial charge on any atom is -0.312 e. The van der Waals surface area contributed by atoms with Gasteiger partial charge in [-0.2, -0.15) is 0 Å². The average Bonchev–Trinajstić information content (AvgIpc) is 2.54. The molecular formula is C13H21BrN2S. The lowest BCUT2D eigenvalue weighted by molar-refractivity contribution is 0.240. The zero-order valence-corrected chi connectivity index (χ0v) is 13.0. The van der Waals surface area contributed by atoms with Crippen LogP contribution in [-0.2, 0) is 6.54 Å². The van der Waals surface area contributed by atoms with E-state index in [9.17, 15) is 0 Å². The van der Waals surface area contributed by atoms with Gasteiger partial charge in [0, 0.05) is 24.0 Å². The van der Waals surface area contributed by atoms with Crippen LogP contribution < -0.4 is 5.32 Å². The molecule has 0 aliphatic carbocycles. The molecule has 1 N–H and O–H groups in total. The highest BCUT2D eigenvalue weighted by molar-refractivity contribution is 9.11. The van der Waals surface area contributed by atoms with E-state index >= 15 is 0 Å². The van der Waals surface area contributed by atoms with Gasteiger partial charge in [0.05, 0.1) is 3.79 Å². The second-order valence-electron chi connectivity index (χ2n) is 5.10. The maximum atomic E-state index is 3.65. The van der Waals surface area contributed by atoms with Gasteiger partial charge in [-0.1, -0.05) is 13.8 Å². The third kappa shape index (κ3) is 4.05. The van der Waals surface area contributed by atoms with Crippen LogP contribution in [0.5, 0.6) is 0 Å². The van der Waals surface area contributed by atoms with Crippen LogP contribution in [0.4, 0.5) is 0 Å². The molecule has 2 heterocycles. The van der Waals surface area contributed by atoms with Crippen molar-refractivity contribution >= 4 is 27.3 Å². The molecule has 1 saturated heterocycles. The number of nitrogens with zero attached hydrogens (tertiary/aromatic N) is 1. The first-order chi connectivity index (χ1) is 8.15. The smallest absolute Gasteiger partial charge is 0.0701 e. The first-order valence-electron chi connectivity index (χ1n) is 6.35. The van der Waals surface area contributed by atoms with E-state index in [0.717, 1.165) is 13.1 Å². The van der Waals surface area contributed by atoms with E-state index in [1.807, 2.05) is 11.3 Å². The Balaban J connectivity index is 1.94. The standard InChI is InChI=1S/C13H21BrN2S/c1-10(2)12-9-16(7-3-6-15-12)8-11-4-5-13(14)17-11/h4-5,10,12,15H,3,6-9H2,1-2H3. The third-order valence-corrected chi connectivity index (χ3v) is 4.93. The topological polar surface area (TPSA) is 15.3 Å². The van der Waals surface area contributed by atoms with Crippen molar-refractivity contribution in [3.8, 4) is 0 Å². The van der Waals surface area contributed by atoms with E-state index in [1.54, 1.807) is 0 Å². The van der Waals surface area contributed by atoms with Gasteiger partial charge in [-0.25, -0.2) is 0 Å². The molecule has 0 radical (unpaired) electrons. The molecule has 0 saturated carbocycles. The summed E-state index contributed by atoms with van der Waals surface area (Å²) >= 11 is 5.39. The van der Waals surface area contributed by atoms with Crippen molar-refractivity contribution in [1.29, 1.82) is 0 Å². The predicted molar refractivity (Wildman–Crippen MR) is 78.5 cm³/mol. The zero-order chi connectivity index (χ0) is 12.3. The quantitative estimate of drug-likeness (QED) is 0.920. The van der Waals surface area contributed by atoms with Crippen molar-refractivity contribution < 1.29 is 0 Å². The number of hydrogen-bond donors (Lipinski definition) is 1. The maximum Gasteiger partial charge on any atom is 0.0701 e. The Bertz CT molecular complexity index is 351. The molecule has 4 heteroatoms. The summed E-state index contributed by atoms with van der Waals surface area (Å²) in [5, 5.41) is 3.65. The molecule has 1 aromatic heterocycles. The minimum absolute atomic E-state index is 0.640. The average molecular weight is 317 g/mol. The largest absolute Gasteiger partial charge is 0.312 e. The number of nitrogens with one attached hydrogen (secondary N) is 1. The Hall–Kier alpha value is 0.1000. The van der Waals surface area contributed by atoms with Crippen LogP contribution in [0.25, 0.3) is 0 Å². The molecule has 0 bridgehead atoms. The van der Waals surface area contributed by atoms with Gasteiger partial charge in [-0.3, -0.25) is 4.90 Å². The van der Waals surface area contributed by atoms with E-state index in [0.29, 0.717) is 12.0 Å². The van der Waals surface area contributed by atoms with Gasteiger partial charge < -0.3 is 5.32 Å². The fourth-order valence-electron chi connectivity index (χ4n) is 2.27. The summed E-state index contributed by atoms with van der Waals surface area (Å²) in [6.07, 6.45) is 1.26. The Morgan fingerprint density at radius 3 is 3.00 bits per heavy atom. The van der Waals surface area contributed by atoms with E-state index in [-0.39, 0.29) is 0 Å². The molecule has 1 atom stereocenters. The second-order valence-corrected chi connectivity index (χ2v) is 7.65. The molecule has 1 aliphatic rings. The molecule has 0 aromatic carbocycles. The van der Waals surface area contributed by atoms with Crippen molar-refractivity contribution in [2.45, 2.75) is 32.9 Å². The number of hydrogen-bond acceptors (Lipinski definition) is 3. The lowest BCUT2D eigenvalue weighted by Gasteiger charge is -2.26. The van der Waals surface area contributed by atoms with Crippen LogP contribution in [0, 0.1) is 5.92 Å². The van der Waals surface area contributed by atoms with Gasteiger partial charge >= 0.3 is 0 Å². The van der Waals surface area contributed by atoms with Gasteiger partial charge in [0.15, 0.2) is 0 Å². The number of halogens is 1. The first kappa shape index (κ1) is 13.5. The highest BCUT2D eigenvalue weighted by Crippen LogP contribution is 2.24. The minimum atomic E-state index is 0.640. The summed E-state index contributed by atoms with van der Waals surface area (Å²) in [4.78, 5) is 4.05. The Morgan fingerprint density at radius 2 is 2.35 bits per heavy atom. The van der Waals surface area contributed by atoms with Gasteiger partial charge in [0.2, 0.25) is 0 Å². The first-order valence-corrected chi connectivity index (χ1v) is 7.96. The zero-order valence-electron chi connectivity index (χ0n) is 10.6. The van der Waals surface area contributed by atoms with E-state index in [4.69, 9.17) is 0 Å². The highest BCUT2D eigenvalue weighted by Gasteiger charge is 2.20. The molecule has 0 spiro atoms. The normalized spacial score (nSPS) is 22.9. The molecule has 2 nitrogen and oxygen atoms in total. The summed E-state index contributed by atoms with van der Waals surface area (Å²) in [5.74, 6) is 0.714. The SMILES string of the molecule is CC(C)C1CN(Cc2ccc(Br)s2)CCCN1. The lowest BCUT2D eigenvalue weighted by atomic mass is 10.0. The molecule has 1 fully saturated rings. The fourth-order valence-corrected chi connectivity index (χ4v) is 3.80. The highest BCUT2D eigenvalue weighted by atomic mass is 79.9. The van der Waals surface area contributed by atoms with E-state index < -0.39 is 0 Å². The monoisotopic (exact) mass is 316 g/mol. The molecule has 1 aromatic rings. The molecule has 2 rings (SSSR count). The summed E-state index contributed by atoms with van der Waals surface area (Å²) in [6, 6.07) is 5.02. The Morgan fingerprint density at radius 1 is 1.53 bits per heavy atom. The third-order valence-electron chi connectivity index (χ3n) is 3.33. The lowest BCUT2D eigenvalue weighted by Crippen LogP contribution is -2.40. The molecule has 96 valence electrons.